The molecule has 4 nitrogen and oxygen atoms in total. The largest absolute Gasteiger partial charge is 0.468 e. The van der Waals surface area contributed by atoms with Gasteiger partial charge in [0.1, 0.15) is 5.75 Å². The maximum atomic E-state index is 10.7. The van der Waals surface area contributed by atoms with E-state index in [9.17, 15) is 9.00 Å². The zero-order valence-corrected chi connectivity index (χ0v) is 6.65. The Balaban J connectivity index is 3.47. The highest BCUT2D eigenvalue weighted by atomic mass is 32.2. The fourth-order valence-electron chi connectivity index (χ4n) is 0.394. The molecule has 0 aliphatic rings. The average molecular weight is 165 g/mol. The molecular weight excluding hydrogens is 154 g/mol. The van der Waals surface area contributed by atoms with Crippen LogP contribution in [-0.2, 0) is 20.3 Å². The van der Waals surface area contributed by atoms with Crippen molar-refractivity contribution in [1.29, 1.82) is 0 Å². The molecule has 0 heterocycles. The van der Waals surface area contributed by atoms with Gasteiger partial charge < -0.3 is 10.5 Å². The fourth-order valence-corrected chi connectivity index (χ4v) is 1.18. The molecule has 0 rings (SSSR count). The van der Waals surface area contributed by atoms with Crippen LogP contribution in [0.4, 0.5) is 0 Å². The number of carbonyl (C=O) groups is 1. The highest BCUT2D eigenvalue weighted by molar-refractivity contribution is 7.85. The third-order valence-corrected chi connectivity index (χ3v) is 2.10. The molecule has 0 saturated heterocycles. The second-order valence-electron chi connectivity index (χ2n) is 1.65. The van der Waals surface area contributed by atoms with Crippen LogP contribution in [0.3, 0.4) is 0 Å². The quantitative estimate of drug-likeness (QED) is 0.535. The molecule has 5 heteroatoms. The van der Waals surface area contributed by atoms with Gasteiger partial charge >= 0.3 is 5.97 Å². The number of nitrogens with two attached hydrogens (primary N) is 1. The van der Waals surface area contributed by atoms with Crippen LogP contribution in [0.1, 0.15) is 0 Å². The van der Waals surface area contributed by atoms with Crippen molar-refractivity contribution >= 4 is 16.8 Å². The normalized spacial score (nSPS) is 12.6. The molecular formula is C5H11NO3S. The van der Waals surface area contributed by atoms with Gasteiger partial charge in [-0.1, -0.05) is 0 Å². The predicted octanol–water partition coefficient (Wildman–Crippen LogP) is -1.13. The number of rotatable bonds is 4. The van der Waals surface area contributed by atoms with Gasteiger partial charge in [-0.05, 0) is 0 Å². The molecule has 0 bridgehead atoms. The minimum atomic E-state index is -1.15. The summed E-state index contributed by atoms with van der Waals surface area (Å²) in [6.07, 6.45) is 0. The van der Waals surface area contributed by atoms with E-state index in [2.05, 4.69) is 4.74 Å². The third-order valence-electron chi connectivity index (χ3n) is 0.852. The van der Waals surface area contributed by atoms with Crippen molar-refractivity contribution in [3.05, 3.63) is 0 Å². The van der Waals surface area contributed by atoms with Gasteiger partial charge in [0.2, 0.25) is 0 Å². The molecule has 0 saturated carbocycles. The highest BCUT2D eigenvalue weighted by Crippen LogP contribution is 1.82. The minimum absolute atomic E-state index is 0.0479. The van der Waals surface area contributed by atoms with Crippen molar-refractivity contribution in [3.8, 4) is 0 Å². The summed E-state index contributed by atoms with van der Waals surface area (Å²) in [6, 6.07) is 0. The molecule has 0 radical (unpaired) electrons. The maximum absolute atomic E-state index is 10.7. The molecule has 10 heavy (non-hydrogen) atoms. The molecule has 0 spiro atoms. The van der Waals surface area contributed by atoms with Crippen LogP contribution in [-0.4, -0.2) is 35.3 Å². The lowest BCUT2D eigenvalue weighted by molar-refractivity contribution is -0.137. The molecule has 0 amide bonds. The van der Waals surface area contributed by atoms with Crippen molar-refractivity contribution < 1.29 is 13.7 Å². The van der Waals surface area contributed by atoms with Crippen molar-refractivity contribution in [1.82, 2.24) is 0 Å². The molecule has 1 atom stereocenters. The highest BCUT2D eigenvalue weighted by Gasteiger charge is 2.05. The summed E-state index contributed by atoms with van der Waals surface area (Å²) in [4.78, 5) is 10.4. The van der Waals surface area contributed by atoms with Gasteiger partial charge in [0.25, 0.3) is 0 Å². The van der Waals surface area contributed by atoms with Gasteiger partial charge in [-0.25, -0.2) is 0 Å². The van der Waals surface area contributed by atoms with Gasteiger partial charge in [-0.15, -0.1) is 0 Å². The first-order valence-electron chi connectivity index (χ1n) is 2.82. The molecule has 0 aromatic carbocycles. The monoisotopic (exact) mass is 165 g/mol. The number of esters is 1. The summed E-state index contributed by atoms with van der Waals surface area (Å²) in [7, 11) is 0.116. The van der Waals surface area contributed by atoms with Gasteiger partial charge in [0.05, 0.1) is 7.11 Å². The van der Waals surface area contributed by atoms with Crippen molar-refractivity contribution in [2.45, 2.75) is 0 Å². The fraction of sp³-hybridized carbons (Fsp3) is 0.800. The van der Waals surface area contributed by atoms with E-state index < -0.39 is 16.8 Å². The van der Waals surface area contributed by atoms with E-state index >= 15 is 0 Å². The Bertz CT molecular complexity index is 137. The summed E-state index contributed by atoms with van der Waals surface area (Å²) in [5, 5.41) is 0. The first kappa shape index (κ1) is 9.58. The van der Waals surface area contributed by atoms with Crippen molar-refractivity contribution in [2.24, 2.45) is 5.73 Å². The zero-order valence-electron chi connectivity index (χ0n) is 5.83. The lowest BCUT2D eigenvalue weighted by Crippen LogP contribution is -2.18. The summed E-state index contributed by atoms with van der Waals surface area (Å²) < 4.78 is 15.0. The number of hydrogen-bond donors (Lipinski definition) is 1. The number of ether oxygens (including phenoxy) is 1. The SMILES string of the molecule is COC(=O)CS(=O)CCN. The Hall–Kier alpha value is -0.420. The third kappa shape index (κ3) is 4.46. The molecule has 0 aliphatic heterocycles. The first-order chi connectivity index (χ1) is 4.70. The summed E-state index contributed by atoms with van der Waals surface area (Å²) in [5.41, 5.74) is 5.10. The number of methoxy groups -OCH3 is 1. The first-order valence-corrected chi connectivity index (χ1v) is 4.31. The van der Waals surface area contributed by atoms with Crippen LogP contribution >= 0.6 is 0 Å². The van der Waals surface area contributed by atoms with Crippen LogP contribution in [0.25, 0.3) is 0 Å². The lowest BCUT2D eigenvalue weighted by atomic mass is 10.8. The summed E-state index contributed by atoms with van der Waals surface area (Å²) >= 11 is 0. The minimum Gasteiger partial charge on any atom is -0.468 e. The molecule has 0 aliphatic carbocycles. The number of hydrogen-bond acceptors (Lipinski definition) is 4. The molecule has 2 N–H and O–H groups in total. The summed E-state index contributed by atoms with van der Waals surface area (Å²) in [5.74, 6) is -0.144. The Morgan fingerprint density at radius 1 is 1.70 bits per heavy atom. The van der Waals surface area contributed by atoms with Crippen LogP contribution in [0, 0.1) is 0 Å². The van der Waals surface area contributed by atoms with Gasteiger partial charge in [-0.2, -0.15) is 0 Å². The van der Waals surface area contributed by atoms with E-state index in [1.807, 2.05) is 0 Å². The van der Waals surface area contributed by atoms with Gasteiger partial charge in [-0.3, -0.25) is 9.00 Å². The Kier molecular flexibility index (Phi) is 5.15. The summed E-state index contributed by atoms with van der Waals surface area (Å²) in [6.45, 7) is 0.337. The standard InChI is InChI=1S/C5H11NO3S/c1-9-5(7)4-10(8)3-2-6/h2-4,6H2,1H3. The molecule has 0 aromatic rings. The van der Waals surface area contributed by atoms with E-state index in [-0.39, 0.29) is 5.75 Å². The molecule has 60 valence electrons. The maximum Gasteiger partial charge on any atom is 0.318 e. The smallest absolute Gasteiger partial charge is 0.318 e. The Morgan fingerprint density at radius 3 is 2.70 bits per heavy atom. The molecule has 0 aromatic heterocycles. The van der Waals surface area contributed by atoms with E-state index in [1.165, 1.54) is 7.11 Å². The zero-order chi connectivity index (χ0) is 7.98. The topological polar surface area (TPSA) is 69.4 Å². The van der Waals surface area contributed by atoms with Crippen LogP contribution in [0.2, 0.25) is 0 Å². The number of carbonyl (C=O) groups excluding carboxylic acids is 1. The van der Waals surface area contributed by atoms with Crippen LogP contribution < -0.4 is 5.73 Å². The van der Waals surface area contributed by atoms with Gasteiger partial charge in [0, 0.05) is 23.1 Å². The molecule has 0 fully saturated rings. The van der Waals surface area contributed by atoms with E-state index in [0.29, 0.717) is 12.3 Å². The van der Waals surface area contributed by atoms with E-state index in [4.69, 9.17) is 5.73 Å². The predicted molar refractivity (Wildman–Crippen MR) is 38.9 cm³/mol. The second-order valence-corrected chi connectivity index (χ2v) is 3.23. The van der Waals surface area contributed by atoms with Crippen LogP contribution in [0.15, 0.2) is 0 Å². The average Bonchev–Trinajstić information content (AvgIpc) is 1.88. The van der Waals surface area contributed by atoms with E-state index in [0.717, 1.165) is 0 Å². The Labute approximate surface area is 62.2 Å². The van der Waals surface area contributed by atoms with Crippen molar-refractivity contribution in [3.63, 3.8) is 0 Å². The Morgan fingerprint density at radius 2 is 2.30 bits per heavy atom. The van der Waals surface area contributed by atoms with Gasteiger partial charge in [0.15, 0.2) is 0 Å². The van der Waals surface area contributed by atoms with Crippen molar-refractivity contribution in [2.75, 3.05) is 25.2 Å². The second kappa shape index (κ2) is 5.37. The van der Waals surface area contributed by atoms with Crippen LogP contribution in [0.5, 0.6) is 0 Å². The molecule has 1 unspecified atom stereocenters. The lowest BCUT2D eigenvalue weighted by Gasteiger charge is -1.97. The van der Waals surface area contributed by atoms with E-state index in [1.54, 1.807) is 0 Å².